The Morgan fingerprint density at radius 1 is 0.511 bits per heavy atom. The monoisotopic (exact) mass is 666 g/mol. The van der Waals surface area contributed by atoms with E-state index in [4.69, 9.17) is 0 Å². The molecule has 0 radical (unpaired) electrons. The van der Waals surface area contributed by atoms with Gasteiger partial charge in [0.05, 0.1) is 18.8 Å². The van der Waals surface area contributed by atoms with Gasteiger partial charge in [0.2, 0.25) is 5.91 Å². The van der Waals surface area contributed by atoms with Crippen LogP contribution in [0.2, 0.25) is 0 Å². The smallest absolute Gasteiger partial charge is 0.249 e. The SMILES string of the molecule is CCCC/C=C/CCCC(O)C(O)C(CO)NC(=O)C(O)CCCCCCCCCC/C=C\CCCCCCCCCCCCCC. The van der Waals surface area contributed by atoms with Gasteiger partial charge in [0.1, 0.15) is 12.2 Å². The van der Waals surface area contributed by atoms with E-state index in [2.05, 4.69) is 43.5 Å². The Labute approximate surface area is 291 Å². The summed E-state index contributed by atoms with van der Waals surface area (Å²) in [6.45, 7) is 3.94. The van der Waals surface area contributed by atoms with Crippen molar-refractivity contribution >= 4 is 5.91 Å². The van der Waals surface area contributed by atoms with Crippen molar-refractivity contribution in [3.63, 3.8) is 0 Å². The highest BCUT2D eigenvalue weighted by Gasteiger charge is 2.28. The number of amides is 1. The van der Waals surface area contributed by atoms with E-state index >= 15 is 0 Å². The molecule has 0 bridgehead atoms. The predicted octanol–water partition coefficient (Wildman–Crippen LogP) is 10.0. The first-order valence-electron chi connectivity index (χ1n) is 20.2. The number of aliphatic hydroxyl groups excluding tert-OH is 4. The summed E-state index contributed by atoms with van der Waals surface area (Å²) >= 11 is 0. The number of unbranched alkanes of at least 4 members (excludes halogenated alkanes) is 23. The van der Waals surface area contributed by atoms with Gasteiger partial charge in [-0.1, -0.05) is 167 Å². The molecule has 0 aromatic carbocycles. The first-order valence-corrected chi connectivity index (χ1v) is 20.2. The Morgan fingerprint density at radius 2 is 0.894 bits per heavy atom. The van der Waals surface area contributed by atoms with Gasteiger partial charge in [-0.05, 0) is 57.8 Å². The van der Waals surface area contributed by atoms with Crippen molar-refractivity contribution in [1.82, 2.24) is 5.32 Å². The standard InChI is InChI=1S/C41H79NO5/c1-3-5-7-9-11-12-13-14-15-16-17-18-19-20-21-22-23-24-25-26-27-29-31-33-35-39(45)41(47)42-37(36-43)40(46)38(44)34-32-30-28-10-8-6-4-2/h10,20-21,28,37-40,43-46H,3-9,11-19,22-27,29-36H2,1-2H3,(H,42,47)/b21-20-,28-10+. The van der Waals surface area contributed by atoms with Gasteiger partial charge >= 0.3 is 0 Å². The van der Waals surface area contributed by atoms with Gasteiger partial charge in [0.15, 0.2) is 0 Å². The molecule has 0 aliphatic heterocycles. The average molecular weight is 666 g/mol. The molecule has 0 spiro atoms. The fourth-order valence-electron chi connectivity index (χ4n) is 6.09. The van der Waals surface area contributed by atoms with Gasteiger partial charge < -0.3 is 25.7 Å². The molecule has 278 valence electrons. The van der Waals surface area contributed by atoms with Crippen molar-refractivity contribution in [2.24, 2.45) is 0 Å². The first-order chi connectivity index (χ1) is 23.0. The zero-order valence-electron chi connectivity index (χ0n) is 31.0. The van der Waals surface area contributed by atoms with Gasteiger partial charge in [-0.15, -0.1) is 0 Å². The largest absolute Gasteiger partial charge is 0.394 e. The van der Waals surface area contributed by atoms with Crippen LogP contribution in [0.25, 0.3) is 0 Å². The molecule has 47 heavy (non-hydrogen) atoms. The van der Waals surface area contributed by atoms with Crippen LogP contribution in [-0.4, -0.2) is 57.3 Å². The fraction of sp³-hybridized carbons (Fsp3) is 0.878. The van der Waals surface area contributed by atoms with Crippen molar-refractivity contribution in [3.8, 4) is 0 Å². The number of allylic oxidation sites excluding steroid dienone is 4. The zero-order chi connectivity index (χ0) is 34.6. The predicted molar refractivity (Wildman–Crippen MR) is 201 cm³/mol. The number of hydrogen-bond donors (Lipinski definition) is 5. The van der Waals surface area contributed by atoms with Crippen LogP contribution in [-0.2, 0) is 4.79 Å². The van der Waals surface area contributed by atoms with Crippen molar-refractivity contribution < 1.29 is 25.2 Å². The molecule has 0 heterocycles. The molecular weight excluding hydrogens is 586 g/mol. The minimum absolute atomic E-state index is 0.360. The summed E-state index contributed by atoms with van der Waals surface area (Å²) in [7, 11) is 0. The van der Waals surface area contributed by atoms with E-state index < -0.39 is 36.9 Å². The molecule has 0 saturated heterocycles. The third-order valence-corrected chi connectivity index (χ3v) is 9.38. The van der Waals surface area contributed by atoms with E-state index in [1.54, 1.807) is 0 Å². The quantitative estimate of drug-likeness (QED) is 0.0338. The molecule has 0 saturated carbocycles. The zero-order valence-corrected chi connectivity index (χ0v) is 31.0. The van der Waals surface area contributed by atoms with Crippen molar-refractivity contribution in [2.75, 3.05) is 6.61 Å². The van der Waals surface area contributed by atoms with Crippen molar-refractivity contribution in [1.29, 1.82) is 0 Å². The summed E-state index contributed by atoms with van der Waals surface area (Å²) in [6, 6.07) is -0.998. The Hall–Kier alpha value is -1.21. The maximum atomic E-state index is 12.4. The van der Waals surface area contributed by atoms with Crippen LogP contribution in [0.15, 0.2) is 24.3 Å². The Bertz CT molecular complexity index is 712. The second-order valence-corrected chi connectivity index (χ2v) is 14.0. The van der Waals surface area contributed by atoms with E-state index in [0.717, 1.165) is 38.5 Å². The van der Waals surface area contributed by atoms with E-state index in [1.807, 2.05) is 0 Å². The summed E-state index contributed by atoms with van der Waals surface area (Å²) in [5.41, 5.74) is 0. The van der Waals surface area contributed by atoms with Gasteiger partial charge in [-0.25, -0.2) is 0 Å². The van der Waals surface area contributed by atoms with Crippen LogP contribution in [0.5, 0.6) is 0 Å². The molecule has 1 amide bonds. The Morgan fingerprint density at radius 3 is 1.34 bits per heavy atom. The summed E-state index contributed by atoms with van der Waals surface area (Å²) in [6.07, 6.45) is 39.6. The average Bonchev–Trinajstić information content (AvgIpc) is 3.07. The van der Waals surface area contributed by atoms with Crippen LogP contribution < -0.4 is 5.32 Å². The topological polar surface area (TPSA) is 110 Å². The third kappa shape index (κ3) is 30.6. The van der Waals surface area contributed by atoms with Crippen molar-refractivity contribution in [2.45, 2.75) is 224 Å². The van der Waals surface area contributed by atoms with E-state index in [-0.39, 0.29) is 0 Å². The molecule has 0 aliphatic rings. The highest BCUT2D eigenvalue weighted by molar-refractivity contribution is 5.80. The number of rotatable bonds is 36. The normalized spacial score (nSPS) is 14.6. The molecule has 6 nitrogen and oxygen atoms in total. The molecule has 4 atom stereocenters. The van der Waals surface area contributed by atoms with Crippen LogP contribution in [0.4, 0.5) is 0 Å². The summed E-state index contributed by atoms with van der Waals surface area (Å²) in [5.74, 6) is -0.600. The maximum absolute atomic E-state index is 12.4. The minimum atomic E-state index is -1.28. The second-order valence-electron chi connectivity index (χ2n) is 14.0. The van der Waals surface area contributed by atoms with Gasteiger partial charge in [0.25, 0.3) is 0 Å². The van der Waals surface area contributed by atoms with E-state index in [1.165, 1.54) is 128 Å². The first kappa shape index (κ1) is 45.8. The number of nitrogens with one attached hydrogen (secondary N) is 1. The molecule has 0 fully saturated rings. The number of hydrogen-bond acceptors (Lipinski definition) is 5. The minimum Gasteiger partial charge on any atom is -0.394 e. The molecule has 0 aromatic rings. The Kier molecular flexibility index (Phi) is 35.2. The van der Waals surface area contributed by atoms with E-state index in [0.29, 0.717) is 19.3 Å². The van der Waals surface area contributed by atoms with E-state index in [9.17, 15) is 25.2 Å². The van der Waals surface area contributed by atoms with Crippen LogP contribution in [0.3, 0.4) is 0 Å². The molecule has 6 heteroatoms. The van der Waals surface area contributed by atoms with Gasteiger partial charge in [-0.3, -0.25) is 4.79 Å². The van der Waals surface area contributed by atoms with Gasteiger partial charge in [-0.2, -0.15) is 0 Å². The number of carbonyl (C=O) groups is 1. The molecule has 4 unspecified atom stereocenters. The molecule has 5 N–H and O–H groups in total. The number of aliphatic hydroxyl groups is 4. The molecule has 0 aliphatic carbocycles. The molecule has 0 rings (SSSR count). The lowest BCUT2D eigenvalue weighted by molar-refractivity contribution is -0.132. The summed E-state index contributed by atoms with van der Waals surface area (Å²) in [4.78, 5) is 12.4. The molecular formula is C41H79NO5. The van der Waals surface area contributed by atoms with Crippen LogP contribution >= 0.6 is 0 Å². The highest BCUT2D eigenvalue weighted by atomic mass is 16.3. The highest BCUT2D eigenvalue weighted by Crippen LogP contribution is 2.15. The maximum Gasteiger partial charge on any atom is 0.249 e. The summed E-state index contributed by atoms with van der Waals surface area (Å²) in [5, 5.41) is 43.2. The fourth-order valence-corrected chi connectivity index (χ4v) is 6.09. The Balaban J connectivity index is 3.66. The lowest BCUT2D eigenvalue weighted by atomic mass is 10.00. The lowest BCUT2D eigenvalue weighted by Gasteiger charge is -2.27. The second kappa shape index (κ2) is 36.1. The van der Waals surface area contributed by atoms with Crippen molar-refractivity contribution in [3.05, 3.63) is 24.3 Å². The van der Waals surface area contributed by atoms with Crippen LogP contribution in [0, 0.1) is 0 Å². The van der Waals surface area contributed by atoms with Crippen LogP contribution in [0.1, 0.15) is 200 Å². The summed E-state index contributed by atoms with van der Waals surface area (Å²) < 4.78 is 0. The van der Waals surface area contributed by atoms with Gasteiger partial charge in [0, 0.05) is 0 Å². The third-order valence-electron chi connectivity index (χ3n) is 9.38. The molecule has 0 aromatic heterocycles. The lowest BCUT2D eigenvalue weighted by Crippen LogP contribution is -2.53. The number of carbonyl (C=O) groups excluding carboxylic acids is 1.